The number of carboxylic acid groups (broad SMARTS) is 1. The first-order valence-corrected chi connectivity index (χ1v) is 7.78. The molecule has 0 spiro atoms. The quantitative estimate of drug-likeness (QED) is 0.754. The highest BCUT2D eigenvalue weighted by Gasteiger charge is 2.29. The summed E-state index contributed by atoms with van der Waals surface area (Å²) in [7, 11) is 0. The second-order valence-electron chi connectivity index (χ2n) is 6.09. The van der Waals surface area contributed by atoms with Gasteiger partial charge in [0.05, 0.1) is 12.5 Å². The van der Waals surface area contributed by atoms with Gasteiger partial charge in [-0.15, -0.1) is 0 Å². The molecule has 3 N–H and O–H groups in total. The number of aliphatic hydroxyl groups excluding tert-OH is 1. The van der Waals surface area contributed by atoms with Crippen LogP contribution >= 0.6 is 0 Å². The van der Waals surface area contributed by atoms with Crippen LogP contribution in [-0.4, -0.2) is 28.3 Å². The van der Waals surface area contributed by atoms with Gasteiger partial charge in [-0.05, 0) is 24.3 Å². The predicted molar refractivity (Wildman–Crippen MR) is 82.0 cm³/mol. The highest BCUT2D eigenvalue weighted by molar-refractivity contribution is 5.67. The van der Waals surface area contributed by atoms with Crippen molar-refractivity contribution in [1.82, 2.24) is 5.32 Å². The molecule has 1 saturated carbocycles. The van der Waals surface area contributed by atoms with Crippen molar-refractivity contribution in [3.8, 4) is 0 Å². The highest BCUT2D eigenvalue weighted by atomic mass is 16.4. The Kier molecular flexibility index (Phi) is 5.76. The highest BCUT2D eigenvalue weighted by Crippen LogP contribution is 2.27. The summed E-state index contributed by atoms with van der Waals surface area (Å²) in [6.45, 7) is 2.20. The lowest BCUT2D eigenvalue weighted by Crippen LogP contribution is -2.47. The number of aliphatic hydroxyl groups is 1. The number of carboxylic acids is 1. The Morgan fingerprint density at radius 2 is 1.95 bits per heavy atom. The van der Waals surface area contributed by atoms with E-state index in [1.54, 1.807) is 0 Å². The minimum Gasteiger partial charge on any atom is -0.481 e. The molecule has 1 aliphatic rings. The van der Waals surface area contributed by atoms with E-state index in [4.69, 9.17) is 5.11 Å². The van der Waals surface area contributed by atoms with E-state index >= 15 is 0 Å². The topological polar surface area (TPSA) is 69.6 Å². The fraction of sp³-hybridized carbons (Fsp3) is 0.588. The Morgan fingerprint density at radius 1 is 1.29 bits per heavy atom. The first kappa shape index (κ1) is 16.0. The zero-order valence-corrected chi connectivity index (χ0v) is 12.5. The molecule has 21 heavy (non-hydrogen) atoms. The van der Waals surface area contributed by atoms with Crippen LogP contribution < -0.4 is 5.32 Å². The lowest BCUT2D eigenvalue weighted by Gasteiger charge is -2.34. The van der Waals surface area contributed by atoms with Crippen molar-refractivity contribution < 1.29 is 15.0 Å². The average molecular weight is 291 g/mol. The van der Waals surface area contributed by atoms with E-state index in [9.17, 15) is 9.90 Å². The summed E-state index contributed by atoms with van der Waals surface area (Å²) >= 11 is 0. The third-order valence-corrected chi connectivity index (χ3v) is 4.46. The summed E-state index contributed by atoms with van der Waals surface area (Å²) in [5, 5.41) is 23.0. The Hall–Kier alpha value is -1.39. The van der Waals surface area contributed by atoms with Gasteiger partial charge in [-0.2, -0.15) is 0 Å². The Morgan fingerprint density at radius 3 is 2.57 bits per heavy atom. The maximum Gasteiger partial charge on any atom is 0.305 e. The van der Waals surface area contributed by atoms with Gasteiger partial charge in [-0.1, -0.05) is 50.1 Å². The average Bonchev–Trinajstić information content (AvgIpc) is 2.48. The molecule has 2 rings (SSSR count). The van der Waals surface area contributed by atoms with Gasteiger partial charge in [0.1, 0.15) is 0 Å². The molecule has 0 radical (unpaired) electrons. The third kappa shape index (κ3) is 4.55. The second kappa shape index (κ2) is 7.57. The molecular weight excluding hydrogens is 266 g/mol. The molecule has 0 amide bonds. The minimum absolute atomic E-state index is 0.0702. The van der Waals surface area contributed by atoms with Crippen LogP contribution in [0.3, 0.4) is 0 Å². The van der Waals surface area contributed by atoms with Gasteiger partial charge < -0.3 is 15.5 Å². The van der Waals surface area contributed by atoms with Crippen LogP contribution in [-0.2, 0) is 4.79 Å². The molecule has 0 bridgehead atoms. The summed E-state index contributed by atoms with van der Waals surface area (Å²) in [6.07, 6.45) is 3.76. The van der Waals surface area contributed by atoms with Crippen molar-refractivity contribution in [2.45, 2.75) is 57.2 Å². The van der Waals surface area contributed by atoms with Crippen LogP contribution in [0.25, 0.3) is 0 Å². The molecule has 0 heterocycles. The van der Waals surface area contributed by atoms with Crippen molar-refractivity contribution in [1.29, 1.82) is 0 Å². The normalized spacial score (nSPS) is 25.2. The smallest absolute Gasteiger partial charge is 0.305 e. The molecule has 0 aliphatic heterocycles. The zero-order chi connectivity index (χ0) is 15.2. The van der Waals surface area contributed by atoms with Gasteiger partial charge in [0, 0.05) is 12.1 Å². The van der Waals surface area contributed by atoms with Crippen molar-refractivity contribution in [2.75, 3.05) is 0 Å². The minimum atomic E-state index is -0.883. The summed E-state index contributed by atoms with van der Waals surface area (Å²) in [5.41, 5.74) is 0.764. The number of carbonyl (C=O) groups is 1. The van der Waals surface area contributed by atoms with Crippen LogP contribution in [0.5, 0.6) is 0 Å². The maximum absolute atomic E-state index is 11.1. The molecule has 0 aromatic heterocycles. The van der Waals surface area contributed by atoms with E-state index in [0.29, 0.717) is 12.0 Å². The van der Waals surface area contributed by atoms with Crippen LogP contribution in [0.1, 0.15) is 50.7 Å². The SMILES string of the molecule is CC1CCCCC1NC(CC(=O)O)C(O)c1ccccc1. The first-order valence-electron chi connectivity index (χ1n) is 7.78. The Bertz CT molecular complexity index is 449. The van der Waals surface area contributed by atoms with Crippen molar-refractivity contribution in [2.24, 2.45) is 5.92 Å². The Labute approximate surface area is 126 Å². The van der Waals surface area contributed by atoms with Crippen molar-refractivity contribution in [3.63, 3.8) is 0 Å². The summed E-state index contributed by atoms with van der Waals surface area (Å²) in [4.78, 5) is 11.1. The summed E-state index contributed by atoms with van der Waals surface area (Å²) in [5.74, 6) is -0.357. The Balaban J connectivity index is 2.08. The molecular formula is C17H25NO3. The molecule has 4 nitrogen and oxygen atoms in total. The largest absolute Gasteiger partial charge is 0.481 e. The lowest BCUT2D eigenvalue weighted by molar-refractivity contribution is -0.138. The molecule has 1 aliphatic carbocycles. The van der Waals surface area contributed by atoms with E-state index in [2.05, 4.69) is 12.2 Å². The number of aliphatic carboxylic acids is 1. The number of benzene rings is 1. The summed E-state index contributed by atoms with van der Waals surface area (Å²) < 4.78 is 0. The van der Waals surface area contributed by atoms with E-state index in [1.807, 2.05) is 30.3 Å². The lowest BCUT2D eigenvalue weighted by atomic mass is 9.84. The molecule has 4 heteroatoms. The van der Waals surface area contributed by atoms with Gasteiger partial charge in [-0.25, -0.2) is 0 Å². The van der Waals surface area contributed by atoms with Crippen LogP contribution in [0.2, 0.25) is 0 Å². The first-order chi connectivity index (χ1) is 10.1. The standard InChI is InChI=1S/C17H25NO3/c1-12-7-5-6-10-14(12)18-15(11-16(19)20)17(21)13-8-3-2-4-9-13/h2-4,8-9,12,14-15,17-18,21H,5-7,10-11H2,1H3,(H,19,20). The molecule has 0 saturated heterocycles. The van der Waals surface area contributed by atoms with Crippen LogP contribution in [0, 0.1) is 5.92 Å². The zero-order valence-electron chi connectivity index (χ0n) is 12.5. The molecule has 4 unspecified atom stereocenters. The molecule has 1 fully saturated rings. The van der Waals surface area contributed by atoms with E-state index in [1.165, 1.54) is 19.3 Å². The fourth-order valence-corrected chi connectivity index (χ4v) is 3.17. The molecule has 4 atom stereocenters. The van der Waals surface area contributed by atoms with Gasteiger partial charge in [0.2, 0.25) is 0 Å². The number of hydrogen-bond acceptors (Lipinski definition) is 3. The molecule has 1 aromatic rings. The third-order valence-electron chi connectivity index (χ3n) is 4.46. The van der Waals surface area contributed by atoms with Crippen molar-refractivity contribution >= 4 is 5.97 Å². The molecule has 1 aromatic carbocycles. The van der Waals surface area contributed by atoms with Gasteiger partial charge >= 0.3 is 5.97 Å². The molecule has 116 valence electrons. The van der Waals surface area contributed by atoms with Crippen LogP contribution in [0.15, 0.2) is 30.3 Å². The van der Waals surface area contributed by atoms with E-state index < -0.39 is 18.1 Å². The van der Waals surface area contributed by atoms with Gasteiger partial charge in [-0.3, -0.25) is 4.79 Å². The van der Waals surface area contributed by atoms with E-state index in [-0.39, 0.29) is 6.42 Å². The maximum atomic E-state index is 11.1. The monoisotopic (exact) mass is 291 g/mol. The fourth-order valence-electron chi connectivity index (χ4n) is 3.17. The van der Waals surface area contributed by atoms with Crippen LogP contribution in [0.4, 0.5) is 0 Å². The summed E-state index contributed by atoms with van der Waals surface area (Å²) in [6, 6.07) is 9.13. The number of nitrogens with one attached hydrogen (secondary N) is 1. The van der Waals surface area contributed by atoms with Crippen molar-refractivity contribution in [3.05, 3.63) is 35.9 Å². The van der Waals surface area contributed by atoms with Gasteiger partial charge in [0.25, 0.3) is 0 Å². The van der Waals surface area contributed by atoms with E-state index in [0.717, 1.165) is 12.0 Å². The van der Waals surface area contributed by atoms with Gasteiger partial charge in [0.15, 0.2) is 0 Å². The predicted octanol–water partition coefficient (Wildman–Crippen LogP) is 2.73. The number of rotatable bonds is 6. The number of hydrogen-bond donors (Lipinski definition) is 3. The second-order valence-corrected chi connectivity index (χ2v) is 6.09.